The molecule has 0 aliphatic carbocycles. The van der Waals surface area contributed by atoms with E-state index in [9.17, 15) is 34.4 Å². The molecule has 2 aliphatic rings. The number of nitrogens with zero attached hydrogens (tertiary/aromatic N) is 4. The average Bonchev–Trinajstić information content (AvgIpc) is 3.51. The van der Waals surface area contributed by atoms with Crippen LogP contribution in [0.15, 0.2) is 60.3 Å². The fourth-order valence-corrected chi connectivity index (χ4v) is 10.2. The van der Waals surface area contributed by atoms with Crippen molar-refractivity contribution >= 4 is 70.9 Å². The standard InChI is InChI=1S/C41H62N4O12S4/c1-40(2)34-30-32(42(5)22-7-11-26-58-57-56-46)18-20-36(34)44(24-9-13-28-60(50,51)52)38(40)16-15-17-39-41(3,4)35-31-33(43(6)23-8-12-27-59(47,48)49)19-21-37(35)45(39)25-10-14-29-61(53,54)55/h15-21,30-31H,7-14,22-29H2,1-6H3,(H3-,46,47,48,49,50,51,52,53,54,55)/p+1. The summed E-state index contributed by atoms with van der Waals surface area (Å²) >= 11 is 1.04. The van der Waals surface area contributed by atoms with Crippen LogP contribution in [0.3, 0.4) is 0 Å². The minimum atomic E-state index is -4.11. The molecule has 4 N–H and O–H groups in total. The Morgan fingerprint density at radius 1 is 0.721 bits per heavy atom. The molecule has 20 heteroatoms. The fourth-order valence-electron chi connectivity index (χ4n) is 8.08. The minimum Gasteiger partial charge on any atom is -0.375 e. The maximum atomic E-state index is 11.5. The zero-order chi connectivity index (χ0) is 45.2. The molecule has 0 aromatic heterocycles. The second-order valence-corrected chi connectivity index (χ2v) is 22.2. The van der Waals surface area contributed by atoms with Crippen LogP contribution in [0.2, 0.25) is 0 Å². The van der Waals surface area contributed by atoms with E-state index in [1.807, 2.05) is 37.2 Å². The Balaban J connectivity index is 1.67. The summed E-state index contributed by atoms with van der Waals surface area (Å²) in [4.78, 5) is 6.44. The van der Waals surface area contributed by atoms with Crippen molar-refractivity contribution in [3.63, 3.8) is 0 Å². The zero-order valence-corrected chi connectivity index (χ0v) is 39.3. The highest BCUT2D eigenvalue weighted by molar-refractivity contribution is 7.94. The maximum absolute atomic E-state index is 11.5. The van der Waals surface area contributed by atoms with Gasteiger partial charge >= 0.3 is 0 Å². The molecule has 2 aliphatic heterocycles. The Hall–Kier alpha value is -3.05. The summed E-state index contributed by atoms with van der Waals surface area (Å²) in [6.07, 6.45) is 10.5. The summed E-state index contributed by atoms with van der Waals surface area (Å²) in [7, 11) is -8.26. The summed E-state index contributed by atoms with van der Waals surface area (Å²) in [5.74, 6) is -0.286. The van der Waals surface area contributed by atoms with Crippen LogP contribution in [0.4, 0.5) is 22.7 Å². The van der Waals surface area contributed by atoms with Crippen LogP contribution >= 0.6 is 12.0 Å². The molecule has 0 unspecified atom stereocenters. The smallest absolute Gasteiger partial charge is 0.264 e. The molecule has 0 atom stereocenters. The lowest BCUT2D eigenvalue weighted by molar-refractivity contribution is -0.438. The highest BCUT2D eigenvalue weighted by atomic mass is 32.2. The van der Waals surface area contributed by atoms with E-state index in [2.05, 4.69) is 87.9 Å². The van der Waals surface area contributed by atoms with E-state index in [0.717, 1.165) is 76.7 Å². The minimum absolute atomic E-state index is 0.279. The topological polar surface area (TPSA) is 215 Å². The van der Waals surface area contributed by atoms with Crippen molar-refractivity contribution in [2.45, 2.75) is 89.9 Å². The van der Waals surface area contributed by atoms with Gasteiger partial charge in [0.1, 0.15) is 6.54 Å². The number of rotatable bonds is 26. The number of fused-ring (bicyclic) bond motifs is 2. The van der Waals surface area contributed by atoms with Gasteiger partial charge in [-0.15, -0.1) is 4.33 Å². The molecule has 0 spiro atoms. The second kappa shape index (κ2) is 21.6. The lowest BCUT2D eigenvalue weighted by Crippen LogP contribution is -2.29. The van der Waals surface area contributed by atoms with Gasteiger partial charge in [0.2, 0.25) is 5.69 Å². The number of benzene rings is 2. The van der Waals surface area contributed by atoms with Crippen LogP contribution in [0.1, 0.15) is 90.2 Å². The van der Waals surface area contributed by atoms with E-state index in [4.69, 9.17) is 9.81 Å². The first-order valence-corrected chi connectivity index (χ1v) is 26.2. The molecule has 61 heavy (non-hydrogen) atoms. The lowest BCUT2D eigenvalue weighted by Gasteiger charge is -2.27. The molecule has 0 bridgehead atoms. The summed E-state index contributed by atoms with van der Waals surface area (Å²) in [5.41, 5.74) is 7.23. The van der Waals surface area contributed by atoms with Crippen LogP contribution in [0.25, 0.3) is 0 Å². The Labute approximate surface area is 366 Å². The first-order chi connectivity index (χ1) is 28.5. The van der Waals surface area contributed by atoms with Crippen molar-refractivity contribution in [3.05, 3.63) is 71.5 Å². The second-order valence-electron chi connectivity index (χ2n) is 16.7. The molecule has 16 nitrogen and oxygen atoms in total. The largest absolute Gasteiger partial charge is 0.375 e. The zero-order valence-electron chi connectivity index (χ0n) is 36.0. The average molecular weight is 932 g/mol. The maximum Gasteiger partial charge on any atom is 0.264 e. The predicted octanol–water partition coefficient (Wildman–Crippen LogP) is 7.03. The van der Waals surface area contributed by atoms with E-state index >= 15 is 0 Å². The van der Waals surface area contributed by atoms with E-state index < -0.39 is 41.2 Å². The lowest BCUT2D eigenvalue weighted by atomic mass is 9.81. The molecular weight excluding hydrogens is 869 g/mol. The van der Waals surface area contributed by atoms with Gasteiger partial charge in [0.25, 0.3) is 30.4 Å². The molecule has 4 rings (SSSR count). The molecule has 2 aromatic rings. The molecule has 0 fully saturated rings. The van der Waals surface area contributed by atoms with Gasteiger partial charge in [-0.3, -0.25) is 13.7 Å². The van der Waals surface area contributed by atoms with Gasteiger partial charge in [0, 0.05) is 104 Å². The first kappa shape index (κ1) is 50.6. The predicted molar refractivity (Wildman–Crippen MR) is 243 cm³/mol. The van der Waals surface area contributed by atoms with Crippen molar-refractivity contribution in [1.82, 2.24) is 0 Å². The van der Waals surface area contributed by atoms with Crippen LogP contribution in [0, 0.1) is 0 Å². The van der Waals surface area contributed by atoms with E-state index in [-0.39, 0.29) is 23.7 Å². The summed E-state index contributed by atoms with van der Waals surface area (Å²) in [6, 6.07) is 12.6. The van der Waals surface area contributed by atoms with E-state index in [0.29, 0.717) is 57.5 Å². The van der Waals surface area contributed by atoms with E-state index in [1.54, 1.807) is 0 Å². The van der Waals surface area contributed by atoms with Crippen molar-refractivity contribution in [3.8, 4) is 0 Å². The molecule has 0 saturated carbocycles. The molecule has 2 aromatic carbocycles. The Kier molecular flexibility index (Phi) is 17.9. The van der Waals surface area contributed by atoms with Crippen molar-refractivity contribution in [2.24, 2.45) is 0 Å². The van der Waals surface area contributed by atoms with Crippen LogP contribution in [-0.4, -0.2) is 118 Å². The Morgan fingerprint density at radius 3 is 1.85 bits per heavy atom. The van der Waals surface area contributed by atoms with E-state index in [1.165, 1.54) is 0 Å². The van der Waals surface area contributed by atoms with Gasteiger partial charge in [-0.05, 0) is 101 Å². The summed E-state index contributed by atoms with van der Waals surface area (Å²) in [5, 5.41) is 12.0. The van der Waals surface area contributed by atoms with Crippen molar-refractivity contribution in [1.29, 1.82) is 0 Å². The van der Waals surface area contributed by atoms with Gasteiger partial charge in [-0.25, -0.2) is 5.26 Å². The third-order valence-corrected chi connectivity index (χ3v) is 14.4. The molecule has 0 radical (unpaired) electrons. The first-order valence-electron chi connectivity index (χ1n) is 20.4. The highest BCUT2D eigenvalue weighted by Gasteiger charge is 2.45. The molecule has 0 amide bonds. The molecule has 2 heterocycles. The van der Waals surface area contributed by atoms with Gasteiger partial charge in [0.15, 0.2) is 5.71 Å². The number of allylic oxidation sites excluding steroid dienone is 4. The number of unbranched alkanes of at least 4 members (excludes halogenated alkanes) is 4. The number of anilines is 3. The fraction of sp³-hybridized carbons (Fsp3) is 0.585. The highest BCUT2D eigenvalue weighted by Crippen LogP contribution is 2.49. The van der Waals surface area contributed by atoms with Gasteiger partial charge in [-0.1, -0.05) is 25.0 Å². The Morgan fingerprint density at radius 2 is 1.26 bits per heavy atom. The monoisotopic (exact) mass is 931 g/mol. The van der Waals surface area contributed by atoms with Crippen molar-refractivity contribution < 1.29 is 58.1 Å². The summed E-state index contributed by atoms with van der Waals surface area (Å²) in [6.45, 7) is 11.0. The van der Waals surface area contributed by atoms with Crippen molar-refractivity contribution in [2.75, 3.05) is 78.0 Å². The summed E-state index contributed by atoms with van der Waals surface area (Å²) < 4.78 is 103. The molecule has 342 valence electrons. The normalized spacial score (nSPS) is 16.8. The number of hydrogen-bond donors (Lipinski definition) is 4. The van der Waals surface area contributed by atoms with Crippen LogP contribution in [-0.2, 0) is 50.6 Å². The van der Waals surface area contributed by atoms with Crippen LogP contribution in [0.5, 0.6) is 0 Å². The van der Waals surface area contributed by atoms with Gasteiger partial charge < -0.3 is 14.7 Å². The SMILES string of the molecule is CN(CCCCSOOO)c1ccc2c(c1)C(C)(C)C(C=C/C=C1/N(CCCCS(=O)(=O)O)c3ccc(N(C)CCCCS(=O)(=O)O)cc3C1(C)C)=[N+]2CCCCS(=O)(=O)O. The third-order valence-electron chi connectivity index (χ3n) is 11.4. The number of hydrogen-bond acceptors (Lipinski definition) is 13. The molecular formula is C41H63N4O12S4+. The molecule has 0 saturated heterocycles. The van der Waals surface area contributed by atoms with Crippen LogP contribution < -0.4 is 14.7 Å². The quantitative estimate of drug-likeness (QED) is 0.0186. The third kappa shape index (κ3) is 14.5. The Bertz CT molecular complexity index is 2260. The van der Waals surface area contributed by atoms with Gasteiger partial charge in [0.05, 0.1) is 22.7 Å². The van der Waals surface area contributed by atoms with Gasteiger partial charge in [-0.2, -0.15) is 29.8 Å².